The van der Waals surface area contributed by atoms with Gasteiger partial charge in [-0.3, -0.25) is 0 Å². The summed E-state index contributed by atoms with van der Waals surface area (Å²) < 4.78 is 13.7. The average molecular weight is 295 g/mol. The molecule has 2 rings (SSSR count). The number of nitrogens with two attached hydrogens (primary N) is 1. The highest BCUT2D eigenvalue weighted by Crippen LogP contribution is 2.22. The molecular weight excluding hydrogens is 281 g/mol. The van der Waals surface area contributed by atoms with Crippen LogP contribution in [0, 0.1) is 12.7 Å². The van der Waals surface area contributed by atoms with Crippen LogP contribution in [-0.4, -0.2) is 22.6 Å². The van der Waals surface area contributed by atoms with Crippen LogP contribution in [0.4, 0.5) is 15.8 Å². The van der Waals surface area contributed by atoms with Crippen LogP contribution in [0.2, 0.25) is 0 Å². The summed E-state index contributed by atoms with van der Waals surface area (Å²) in [7, 11) is 0. The van der Waals surface area contributed by atoms with E-state index < -0.39 is 11.8 Å². The van der Waals surface area contributed by atoms with Crippen LogP contribution in [0.1, 0.15) is 21.1 Å². The van der Waals surface area contributed by atoms with E-state index in [1.807, 2.05) is 12.3 Å². The lowest BCUT2D eigenvalue weighted by Gasteiger charge is -2.09. The molecule has 0 saturated carbocycles. The second-order valence-corrected chi connectivity index (χ2v) is 5.32. The van der Waals surface area contributed by atoms with Crippen LogP contribution in [0.15, 0.2) is 17.5 Å². The Morgan fingerprint density at radius 2 is 2.30 bits per heavy atom. The third kappa shape index (κ3) is 3.24. The number of anilines is 2. The van der Waals surface area contributed by atoms with Crippen molar-refractivity contribution in [3.05, 3.63) is 39.6 Å². The van der Waals surface area contributed by atoms with Gasteiger partial charge < -0.3 is 16.2 Å². The molecular formula is C13H14FN3O2S. The Labute approximate surface area is 119 Å². The van der Waals surface area contributed by atoms with Gasteiger partial charge in [-0.25, -0.2) is 14.2 Å². The SMILES string of the molecule is Cc1nc(CCNc2cc(C(=O)O)c(N)cc2F)cs1. The molecule has 7 heteroatoms. The standard InChI is InChI=1S/C13H14FN3O2S/c1-7-17-8(6-20-7)2-3-16-12-4-9(13(18)19)11(15)5-10(12)14/h4-6,16H,2-3,15H2,1H3,(H,18,19). The Hall–Kier alpha value is -2.15. The monoisotopic (exact) mass is 295 g/mol. The number of halogens is 1. The Balaban J connectivity index is 2.05. The maximum absolute atomic E-state index is 13.7. The smallest absolute Gasteiger partial charge is 0.337 e. The number of benzene rings is 1. The number of aryl methyl sites for hydroxylation is 1. The van der Waals surface area contributed by atoms with E-state index in [0.29, 0.717) is 13.0 Å². The van der Waals surface area contributed by atoms with Gasteiger partial charge in [0.1, 0.15) is 5.82 Å². The van der Waals surface area contributed by atoms with Gasteiger partial charge >= 0.3 is 5.97 Å². The van der Waals surface area contributed by atoms with Crippen LogP contribution in [-0.2, 0) is 6.42 Å². The van der Waals surface area contributed by atoms with Gasteiger partial charge in [0.25, 0.3) is 0 Å². The zero-order valence-corrected chi connectivity index (χ0v) is 11.6. The largest absolute Gasteiger partial charge is 0.478 e. The minimum absolute atomic E-state index is 0.0873. The fourth-order valence-corrected chi connectivity index (χ4v) is 2.40. The van der Waals surface area contributed by atoms with Crippen molar-refractivity contribution in [1.82, 2.24) is 4.98 Å². The Morgan fingerprint density at radius 3 is 2.90 bits per heavy atom. The maximum atomic E-state index is 13.7. The molecule has 4 N–H and O–H groups in total. The molecule has 0 fully saturated rings. The zero-order valence-electron chi connectivity index (χ0n) is 10.8. The number of nitrogen functional groups attached to an aromatic ring is 1. The normalized spacial score (nSPS) is 10.5. The molecule has 0 aliphatic carbocycles. The van der Waals surface area contributed by atoms with Crippen molar-refractivity contribution < 1.29 is 14.3 Å². The van der Waals surface area contributed by atoms with Gasteiger partial charge in [0.15, 0.2) is 0 Å². The summed E-state index contributed by atoms with van der Waals surface area (Å²) in [6.07, 6.45) is 0.635. The van der Waals surface area contributed by atoms with Crippen LogP contribution in [0.5, 0.6) is 0 Å². The number of nitrogens with zero attached hydrogens (tertiary/aromatic N) is 1. The third-order valence-corrected chi connectivity index (χ3v) is 3.56. The van der Waals surface area contributed by atoms with Gasteiger partial charge in [-0.2, -0.15) is 0 Å². The molecule has 106 valence electrons. The van der Waals surface area contributed by atoms with E-state index in [2.05, 4.69) is 10.3 Å². The minimum atomic E-state index is -1.18. The molecule has 0 unspecified atom stereocenters. The van der Waals surface area contributed by atoms with Crippen molar-refractivity contribution in [1.29, 1.82) is 0 Å². The lowest BCUT2D eigenvalue weighted by atomic mass is 10.1. The van der Waals surface area contributed by atoms with E-state index in [1.54, 1.807) is 11.3 Å². The molecule has 1 aromatic heterocycles. The quantitative estimate of drug-likeness (QED) is 0.738. The van der Waals surface area contributed by atoms with Crippen LogP contribution in [0.25, 0.3) is 0 Å². The third-order valence-electron chi connectivity index (χ3n) is 2.73. The van der Waals surface area contributed by atoms with Crippen molar-refractivity contribution >= 4 is 28.7 Å². The number of aromatic nitrogens is 1. The molecule has 1 aromatic carbocycles. The number of carboxylic acids is 1. The number of thiazole rings is 1. The second kappa shape index (κ2) is 5.87. The molecule has 0 spiro atoms. The van der Waals surface area contributed by atoms with Crippen LogP contribution >= 0.6 is 11.3 Å². The molecule has 0 amide bonds. The highest BCUT2D eigenvalue weighted by molar-refractivity contribution is 7.09. The van der Waals surface area contributed by atoms with Gasteiger partial charge in [0.2, 0.25) is 0 Å². The van der Waals surface area contributed by atoms with Gasteiger partial charge in [-0.05, 0) is 19.1 Å². The first-order valence-electron chi connectivity index (χ1n) is 5.94. The average Bonchev–Trinajstić information content (AvgIpc) is 2.77. The van der Waals surface area contributed by atoms with E-state index in [9.17, 15) is 9.18 Å². The van der Waals surface area contributed by atoms with Crippen LogP contribution < -0.4 is 11.1 Å². The Kier molecular flexibility index (Phi) is 4.19. The van der Waals surface area contributed by atoms with Gasteiger partial charge in [0.05, 0.1) is 22.0 Å². The number of hydrogen-bond acceptors (Lipinski definition) is 5. The summed E-state index contributed by atoms with van der Waals surface area (Å²) in [6.45, 7) is 2.38. The Morgan fingerprint density at radius 1 is 1.55 bits per heavy atom. The van der Waals surface area contributed by atoms with E-state index in [-0.39, 0.29) is 16.9 Å². The summed E-state index contributed by atoms with van der Waals surface area (Å²) in [5.41, 5.74) is 6.31. The number of rotatable bonds is 5. The van der Waals surface area contributed by atoms with Crippen molar-refractivity contribution in [2.24, 2.45) is 0 Å². The molecule has 2 aromatic rings. The van der Waals surface area contributed by atoms with Crippen molar-refractivity contribution in [3.63, 3.8) is 0 Å². The summed E-state index contributed by atoms with van der Waals surface area (Å²) in [5.74, 6) is -1.75. The van der Waals surface area contributed by atoms with Gasteiger partial charge in [-0.15, -0.1) is 11.3 Å². The van der Waals surface area contributed by atoms with Crippen molar-refractivity contribution in [2.75, 3.05) is 17.6 Å². The molecule has 0 atom stereocenters. The molecule has 0 aliphatic rings. The molecule has 0 saturated heterocycles. The zero-order chi connectivity index (χ0) is 14.7. The molecule has 0 bridgehead atoms. The minimum Gasteiger partial charge on any atom is -0.478 e. The first kappa shape index (κ1) is 14.3. The number of hydrogen-bond donors (Lipinski definition) is 3. The predicted octanol–water partition coefficient (Wildman–Crippen LogP) is 2.53. The van der Waals surface area contributed by atoms with Gasteiger partial charge in [-0.1, -0.05) is 0 Å². The highest BCUT2D eigenvalue weighted by atomic mass is 32.1. The highest BCUT2D eigenvalue weighted by Gasteiger charge is 2.13. The van der Waals surface area contributed by atoms with Gasteiger partial charge in [0, 0.05) is 24.0 Å². The number of carboxylic acid groups (broad SMARTS) is 1. The fraction of sp³-hybridized carbons (Fsp3) is 0.231. The first-order chi connectivity index (χ1) is 9.47. The molecule has 1 heterocycles. The second-order valence-electron chi connectivity index (χ2n) is 4.26. The first-order valence-corrected chi connectivity index (χ1v) is 6.82. The van der Waals surface area contributed by atoms with Crippen LogP contribution in [0.3, 0.4) is 0 Å². The summed E-state index contributed by atoms with van der Waals surface area (Å²) in [5, 5.41) is 14.7. The summed E-state index contributed by atoms with van der Waals surface area (Å²) in [4.78, 5) is 15.2. The van der Waals surface area contributed by atoms with E-state index in [0.717, 1.165) is 16.8 Å². The Bertz CT molecular complexity index is 643. The molecule has 5 nitrogen and oxygen atoms in total. The van der Waals surface area contributed by atoms with E-state index in [4.69, 9.17) is 10.8 Å². The van der Waals surface area contributed by atoms with Crippen molar-refractivity contribution in [3.8, 4) is 0 Å². The number of aromatic carboxylic acids is 1. The fourth-order valence-electron chi connectivity index (χ4n) is 1.76. The summed E-state index contributed by atoms with van der Waals surface area (Å²) in [6, 6.07) is 2.22. The summed E-state index contributed by atoms with van der Waals surface area (Å²) >= 11 is 1.55. The number of nitrogens with one attached hydrogen (secondary N) is 1. The van der Waals surface area contributed by atoms with E-state index in [1.165, 1.54) is 6.07 Å². The van der Waals surface area contributed by atoms with Crippen molar-refractivity contribution in [2.45, 2.75) is 13.3 Å². The van der Waals surface area contributed by atoms with E-state index >= 15 is 0 Å². The molecule has 0 aliphatic heterocycles. The lowest BCUT2D eigenvalue weighted by molar-refractivity contribution is 0.0698. The predicted molar refractivity (Wildman–Crippen MR) is 76.8 cm³/mol. The lowest BCUT2D eigenvalue weighted by Crippen LogP contribution is -2.10. The topological polar surface area (TPSA) is 88.2 Å². The maximum Gasteiger partial charge on any atom is 0.337 e. The molecule has 0 radical (unpaired) electrons. The molecule has 20 heavy (non-hydrogen) atoms. The number of carbonyl (C=O) groups is 1.